The van der Waals surface area contributed by atoms with Crippen LogP contribution in [0, 0.1) is 11.3 Å². The lowest BCUT2D eigenvalue weighted by molar-refractivity contribution is 0.452. The third kappa shape index (κ3) is 1.07. The Hall–Kier alpha value is -1.01. The number of nitriles is 1. The van der Waals surface area contributed by atoms with E-state index in [-0.39, 0.29) is 5.41 Å². The predicted molar refractivity (Wildman–Crippen MR) is 59.4 cm³/mol. The molecule has 74 valence electrons. The molecule has 14 heavy (non-hydrogen) atoms. The fraction of sp³-hybridized carbons (Fsp3) is 0.545. The first-order chi connectivity index (χ1) is 6.62. The first-order valence-electron chi connectivity index (χ1n) is 4.94. The Bertz CT molecular complexity index is 414. The summed E-state index contributed by atoms with van der Waals surface area (Å²) in [6.45, 7) is 4.43. The van der Waals surface area contributed by atoms with Crippen molar-refractivity contribution < 1.29 is 0 Å². The highest BCUT2D eigenvalue weighted by atomic mass is 32.1. The van der Waals surface area contributed by atoms with E-state index < -0.39 is 0 Å². The number of hydrogen-bond donors (Lipinski definition) is 1. The van der Waals surface area contributed by atoms with Crippen molar-refractivity contribution in [2.24, 2.45) is 0 Å². The number of nitrogens with two attached hydrogens (primary N) is 1. The molecule has 1 aromatic heterocycles. The van der Waals surface area contributed by atoms with Gasteiger partial charge in [-0.15, -0.1) is 11.3 Å². The second-order valence-electron chi connectivity index (χ2n) is 4.17. The summed E-state index contributed by atoms with van der Waals surface area (Å²) >= 11 is 1.60. The van der Waals surface area contributed by atoms with Crippen molar-refractivity contribution in [3.63, 3.8) is 0 Å². The molecule has 0 radical (unpaired) electrons. The van der Waals surface area contributed by atoms with E-state index in [9.17, 15) is 0 Å². The van der Waals surface area contributed by atoms with E-state index in [1.54, 1.807) is 11.3 Å². The lowest BCUT2D eigenvalue weighted by atomic mass is 9.81. The van der Waals surface area contributed by atoms with Gasteiger partial charge in [-0.05, 0) is 30.2 Å². The zero-order valence-corrected chi connectivity index (χ0v) is 9.37. The summed E-state index contributed by atoms with van der Waals surface area (Å²) in [7, 11) is 0. The number of rotatable bonds is 1. The Morgan fingerprint density at radius 2 is 2.36 bits per heavy atom. The van der Waals surface area contributed by atoms with Gasteiger partial charge >= 0.3 is 0 Å². The molecule has 0 aromatic carbocycles. The maximum Gasteiger partial charge on any atom is 0.104 e. The molecular weight excluding hydrogens is 192 g/mol. The zero-order valence-electron chi connectivity index (χ0n) is 8.55. The topological polar surface area (TPSA) is 49.8 Å². The normalized spacial score (nSPS) is 24.6. The first kappa shape index (κ1) is 9.54. The molecule has 1 aliphatic carbocycles. The van der Waals surface area contributed by atoms with Crippen LogP contribution >= 0.6 is 11.3 Å². The van der Waals surface area contributed by atoms with Crippen LogP contribution in [0.2, 0.25) is 0 Å². The molecule has 0 saturated carbocycles. The third-order valence-electron chi connectivity index (χ3n) is 3.41. The molecule has 1 heterocycles. The summed E-state index contributed by atoms with van der Waals surface area (Å²) in [5, 5.41) is 9.78. The van der Waals surface area contributed by atoms with Crippen molar-refractivity contribution in [2.45, 2.75) is 38.5 Å². The summed E-state index contributed by atoms with van der Waals surface area (Å²) in [6, 6.07) is 2.25. The molecule has 0 fully saturated rings. The maximum atomic E-state index is 9.08. The molecule has 0 spiro atoms. The quantitative estimate of drug-likeness (QED) is 0.768. The van der Waals surface area contributed by atoms with E-state index in [0.29, 0.717) is 5.00 Å². The molecular formula is C11H14N2S. The van der Waals surface area contributed by atoms with Crippen LogP contribution < -0.4 is 5.73 Å². The van der Waals surface area contributed by atoms with Gasteiger partial charge < -0.3 is 5.73 Å². The summed E-state index contributed by atoms with van der Waals surface area (Å²) in [4.78, 5) is 1.34. The molecule has 2 nitrogen and oxygen atoms in total. The van der Waals surface area contributed by atoms with E-state index in [1.807, 2.05) is 0 Å². The smallest absolute Gasteiger partial charge is 0.104 e. The highest BCUT2D eigenvalue weighted by molar-refractivity contribution is 7.16. The molecule has 2 rings (SSSR count). The Morgan fingerprint density at radius 1 is 1.64 bits per heavy atom. The van der Waals surface area contributed by atoms with Crippen LogP contribution in [0.15, 0.2) is 0 Å². The maximum absolute atomic E-state index is 9.08. The molecule has 0 bridgehead atoms. The highest BCUT2D eigenvalue weighted by Crippen LogP contribution is 2.48. The van der Waals surface area contributed by atoms with E-state index in [1.165, 1.54) is 16.9 Å². The molecule has 1 aromatic rings. The van der Waals surface area contributed by atoms with Crippen LogP contribution in [0.5, 0.6) is 0 Å². The molecule has 0 saturated heterocycles. The second-order valence-corrected chi connectivity index (χ2v) is 5.30. The summed E-state index contributed by atoms with van der Waals surface area (Å²) in [5.74, 6) is 0. The molecule has 3 heteroatoms. The van der Waals surface area contributed by atoms with Crippen LogP contribution in [0.1, 0.15) is 42.7 Å². The number of nitrogen functional groups attached to an aromatic ring is 1. The highest BCUT2D eigenvalue weighted by Gasteiger charge is 2.37. The third-order valence-corrected chi connectivity index (χ3v) is 4.49. The first-order valence-corrected chi connectivity index (χ1v) is 5.75. The summed E-state index contributed by atoms with van der Waals surface area (Å²) in [6.07, 6.45) is 3.35. The average Bonchev–Trinajstić information content (AvgIpc) is 2.65. The van der Waals surface area contributed by atoms with Crippen LogP contribution in [0.25, 0.3) is 0 Å². The Balaban J connectivity index is 2.64. The van der Waals surface area contributed by atoms with Crippen LogP contribution in [-0.4, -0.2) is 0 Å². The van der Waals surface area contributed by atoms with Gasteiger partial charge in [0, 0.05) is 4.88 Å². The summed E-state index contributed by atoms with van der Waals surface area (Å²) in [5.41, 5.74) is 8.01. The SMILES string of the molecule is CCC1(C)CCc2sc(N)c(C#N)c21. The van der Waals surface area contributed by atoms with Crippen LogP contribution in [-0.2, 0) is 11.8 Å². The van der Waals surface area contributed by atoms with Crippen molar-refractivity contribution in [3.05, 3.63) is 16.0 Å². The van der Waals surface area contributed by atoms with Crippen molar-refractivity contribution in [2.75, 3.05) is 5.73 Å². The average molecular weight is 206 g/mol. The molecule has 0 amide bonds. The van der Waals surface area contributed by atoms with E-state index >= 15 is 0 Å². The Morgan fingerprint density at radius 3 is 2.93 bits per heavy atom. The van der Waals surface area contributed by atoms with Gasteiger partial charge in [-0.3, -0.25) is 0 Å². The van der Waals surface area contributed by atoms with Crippen LogP contribution in [0.3, 0.4) is 0 Å². The predicted octanol–water partition coefficient (Wildman–Crippen LogP) is 2.82. The Labute approximate surface area is 88.4 Å². The minimum absolute atomic E-state index is 0.189. The van der Waals surface area contributed by atoms with Gasteiger partial charge in [0.25, 0.3) is 0 Å². The zero-order chi connectivity index (χ0) is 10.3. The lowest BCUT2D eigenvalue weighted by Crippen LogP contribution is -2.17. The van der Waals surface area contributed by atoms with Gasteiger partial charge in [0.15, 0.2) is 0 Å². The number of aryl methyl sites for hydroxylation is 1. The molecule has 2 N–H and O–H groups in total. The summed E-state index contributed by atoms with van der Waals surface area (Å²) < 4.78 is 0. The Kier molecular flexibility index (Phi) is 2.04. The molecule has 1 atom stereocenters. The van der Waals surface area contributed by atoms with E-state index in [2.05, 4.69) is 19.9 Å². The van der Waals surface area contributed by atoms with Crippen LogP contribution in [0.4, 0.5) is 5.00 Å². The van der Waals surface area contributed by atoms with Gasteiger partial charge in [-0.1, -0.05) is 13.8 Å². The minimum Gasteiger partial charge on any atom is -0.389 e. The molecule has 1 unspecified atom stereocenters. The number of nitrogens with zero attached hydrogens (tertiary/aromatic N) is 1. The van der Waals surface area contributed by atoms with E-state index in [0.717, 1.165) is 18.4 Å². The van der Waals surface area contributed by atoms with Crippen molar-refractivity contribution in [1.82, 2.24) is 0 Å². The van der Waals surface area contributed by atoms with Gasteiger partial charge in [0.1, 0.15) is 11.1 Å². The fourth-order valence-corrected chi connectivity index (χ4v) is 3.46. The number of anilines is 1. The van der Waals surface area contributed by atoms with Crippen molar-refractivity contribution >= 4 is 16.3 Å². The lowest BCUT2D eigenvalue weighted by Gasteiger charge is -2.22. The number of thiophene rings is 1. The number of hydrogen-bond acceptors (Lipinski definition) is 3. The van der Waals surface area contributed by atoms with Gasteiger partial charge in [-0.2, -0.15) is 5.26 Å². The van der Waals surface area contributed by atoms with E-state index in [4.69, 9.17) is 11.0 Å². The monoisotopic (exact) mass is 206 g/mol. The molecule has 0 aliphatic heterocycles. The van der Waals surface area contributed by atoms with Gasteiger partial charge in [0.2, 0.25) is 0 Å². The number of fused-ring (bicyclic) bond motifs is 1. The largest absolute Gasteiger partial charge is 0.389 e. The van der Waals surface area contributed by atoms with Crippen molar-refractivity contribution in [3.8, 4) is 6.07 Å². The standard InChI is InChI=1S/C11H14N2S/c1-3-11(2)5-4-8-9(11)7(6-12)10(13)14-8/h3-5,13H2,1-2H3. The van der Waals surface area contributed by atoms with Gasteiger partial charge in [-0.25, -0.2) is 0 Å². The fourth-order valence-electron chi connectivity index (χ4n) is 2.29. The molecule has 1 aliphatic rings. The second kappa shape index (κ2) is 2.99. The minimum atomic E-state index is 0.189. The van der Waals surface area contributed by atoms with Gasteiger partial charge in [0.05, 0.1) is 5.56 Å². The van der Waals surface area contributed by atoms with Crippen molar-refractivity contribution in [1.29, 1.82) is 5.26 Å².